The molecule has 0 heterocycles. The highest BCUT2D eigenvalue weighted by molar-refractivity contribution is 6.35. The average molecular weight is 271 g/mol. The summed E-state index contributed by atoms with van der Waals surface area (Å²) < 4.78 is 0. The predicted octanol–water partition coefficient (Wildman–Crippen LogP) is 5.75. The summed E-state index contributed by atoms with van der Waals surface area (Å²) in [5, 5.41) is 1.54. The molecule has 1 fully saturated rings. The van der Waals surface area contributed by atoms with Crippen LogP contribution in [0.25, 0.3) is 0 Å². The lowest BCUT2D eigenvalue weighted by atomic mass is 9.92. The van der Waals surface area contributed by atoms with Crippen LogP contribution in [0.5, 0.6) is 0 Å². The molecule has 0 aromatic heterocycles. The molecule has 0 N–H and O–H groups in total. The van der Waals surface area contributed by atoms with Gasteiger partial charge in [0.05, 0.1) is 0 Å². The van der Waals surface area contributed by atoms with Crippen LogP contribution in [0.2, 0.25) is 10.0 Å². The fourth-order valence-electron chi connectivity index (χ4n) is 2.40. The van der Waals surface area contributed by atoms with Crippen LogP contribution < -0.4 is 0 Å². The normalized spacial score (nSPS) is 17.1. The van der Waals surface area contributed by atoms with E-state index >= 15 is 0 Å². The molecular weight excluding hydrogens is 251 g/mol. The molecule has 1 aliphatic carbocycles. The van der Waals surface area contributed by atoms with Crippen LogP contribution in [0.1, 0.15) is 44.6 Å². The largest absolute Gasteiger partial charge is 0.0843 e. The summed E-state index contributed by atoms with van der Waals surface area (Å²) in [4.78, 5) is 0. The Balaban J connectivity index is 1.86. The number of hydrogen-bond acceptors (Lipinski definition) is 0. The molecule has 94 valence electrons. The minimum atomic E-state index is 0.726. The second-order valence-electron chi connectivity index (χ2n) is 5.23. The van der Waals surface area contributed by atoms with Crippen LogP contribution in [-0.2, 0) is 6.42 Å². The third-order valence-electron chi connectivity index (χ3n) is 3.78. The maximum Gasteiger partial charge on any atom is 0.0452 e. The molecule has 0 nitrogen and oxygen atoms in total. The first-order valence-electron chi connectivity index (χ1n) is 6.63. The molecule has 1 atom stereocenters. The van der Waals surface area contributed by atoms with Gasteiger partial charge in [0.2, 0.25) is 0 Å². The molecule has 1 aromatic rings. The lowest BCUT2D eigenvalue weighted by molar-refractivity contribution is 0.413. The predicted molar refractivity (Wildman–Crippen MR) is 75.9 cm³/mol. The molecule has 1 aromatic carbocycles. The van der Waals surface area contributed by atoms with Gasteiger partial charge < -0.3 is 0 Å². The fourth-order valence-corrected chi connectivity index (χ4v) is 2.90. The maximum absolute atomic E-state index is 6.19. The molecule has 2 rings (SSSR count). The third kappa shape index (κ3) is 4.19. The molecule has 2 heteroatoms. The highest BCUT2D eigenvalue weighted by Gasteiger charge is 2.24. The standard InChI is InChI=1S/C15H20Cl2/c1-2-11(9-12-3-4-12)5-6-13-7-8-14(16)10-15(13)17/h7-8,10-12H,2-6,9H2,1H3. The minimum Gasteiger partial charge on any atom is -0.0843 e. The van der Waals surface area contributed by atoms with E-state index in [4.69, 9.17) is 23.2 Å². The Morgan fingerprint density at radius 3 is 2.65 bits per heavy atom. The minimum absolute atomic E-state index is 0.726. The van der Waals surface area contributed by atoms with Crippen molar-refractivity contribution in [1.82, 2.24) is 0 Å². The maximum atomic E-state index is 6.19. The Kier molecular flexibility index (Phi) is 4.76. The van der Waals surface area contributed by atoms with Gasteiger partial charge in [0, 0.05) is 10.0 Å². The van der Waals surface area contributed by atoms with Crippen molar-refractivity contribution in [2.24, 2.45) is 11.8 Å². The number of rotatable bonds is 6. The van der Waals surface area contributed by atoms with Gasteiger partial charge in [-0.3, -0.25) is 0 Å². The van der Waals surface area contributed by atoms with E-state index in [0.717, 1.165) is 28.3 Å². The van der Waals surface area contributed by atoms with Crippen molar-refractivity contribution in [1.29, 1.82) is 0 Å². The summed E-state index contributed by atoms with van der Waals surface area (Å²) in [6.45, 7) is 2.30. The van der Waals surface area contributed by atoms with Crippen molar-refractivity contribution in [3.63, 3.8) is 0 Å². The Morgan fingerprint density at radius 1 is 1.29 bits per heavy atom. The summed E-state index contributed by atoms with van der Waals surface area (Å²) in [6.07, 6.45) is 7.97. The molecule has 0 saturated heterocycles. The third-order valence-corrected chi connectivity index (χ3v) is 4.36. The molecule has 0 spiro atoms. The van der Waals surface area contributed by atoms with Gasteiger partial charge in [0.1, 0.15) is 0 Å². The van der Waals surface area contributed by atoms with Crippen molar-refractivity contribution in [2.75, 3.05) is 0 Å². The van der Waals surface area contributed by atoms with Crippen molar-refractivity contribution in [3.05, 3.63) is 33.8 Å². The second-order valence-corrected chi connectivity index (χ2v) is 6.07. The van der Waals surface area contributed by atoms with Crippen LogP contribution in [-0.4, -0.2) is 0 Å². The van der Waals surface area contributed by atoms with Gasteiger partial charge in [-0.15, -0.1) is 0 Å². The summed E-state index contributed by atoms with van der Waals surface area (Å²) >= 11 is 12.1. The van der Waals surface area contributed by atoms with Crippen molar-refractivity contribution in [3.8, 4) is 0 Å². The molecule has 17 heavy (non-hydrogen) atoms. The van der Waals surface area contributed by atoms with E-state index in [1.807, 2.05) is 12.1 Å². The lowest BCUT2D eigenvalue weighted by Gasteiger charge is -2.14. The molecule has 0 aliphatic heterocycles. The van der Waals surface area contributed by atoms with Crippen molar-refractivity contribution < 1.29 is 0 Å². The van der Waals surface area contributed by atoms with E-state index in [1.54, 1.807) is 0 Å². The molecule has 1 saturated carbocycles. The highest BCUT2D eigenvalue weighted by atomic mass is 35.5. The van der Waals surface area contributed by atoms with E-state index < -0.39 is 0 Å². The summed E-state index contributed by atoms with van der Waals surface area (Å²) in [5.41, 5.74) is 1.24. The van der Waals surface area contributed by atoms with E-state index in [2.05, 4.69) is 13.0 Å². The zero-order valence-corrected chi connectivity index (χ0v) is 11.9. The Bertz CT molecular complexity index is 369. The fraction of sp³-hybridized carbons (Fsp3) is 0.600. The van der Waals surface area contributed by atoms with Crippen LogP contribution in [0.15, 0.2) is 18.2 Å². The van der Waals surface area contributed by atoms with Crippen LogP contribution >= 0.6 is 23.2 Å². The summed E-state index contributed by atoms with van der Waals surface area (Å²) in [6, 6.07) is 5.85. The van der Waals surface area contributed by atoms with Gasteiger partial charge >= 0.3 is 0 Å². The highest BCUT2D eigenvalue weighted by Crippen LogP contribution is 2.37. The number of benzene rings is 1. The molecule has 0 bridgehead atoms. The average Bonchev–Trinajstić information content (AvgIpc) is 3.10. The Hall–Kier alpha value is -0.200. The zero-order chi connectivity index (χ0) is 12.3. The lowest BCUT2D eigenvalue weighted by Crippen LogP contribution is -2.02. The first-order chi connectivity index (χ1) is 8.19. The van der Waals surface area contributed by atoms with E-state index in [1.165, 1.54) is 37.7 Å². The van der Waals surface area contributed by atoms with E-state index in [0.29, 0.717) is 0 Å². The number of aryl methyl sites for hydroxylation is 1. The monoisotopic (exact) mass is 270 g/mol. The zero-order valence-electron chi connectivity index (χ0n) is 10.4. The first kappa shape index (κ1) is 13.2. The van der Waals surface area contributed by atoms with Crippen molar-refractivity contribution >= 4 is 23.2 Å². The number of hydrogen-bond donors (Lipinski definition) is 0. The number of halogens is 2. The molecule has 0 radical (unpaired) electrons. The van der Waals surface area contributed by atoms with Crippen LogP contribution in [0.3, 0.4) is 0 Å². The smallest absolute Gasteiger partial charge is 0.0452 e. The Labute approximate surface area is 114 Å². The van der Waals surface area contributed by atoms with Gasteiger partial charge in [-0.25, -0.2) is 0 Å². The first-order valence-corrected chi connectivity index (χ1v) is 7.38. The quantitative estimate of drug-likeness (QED) is 0.617. The summed E-state index contributed by atoms with van der Waals surface area (Å²) in [7, 11) is 0. The second kappa shape index (κ2) is 6.11. The topological polar surface area (TPSA) is 0 Å². The van der Waals surface area contributed by atoms with Crippen LogP contribution in [0.4, 0.5) is 0 Å². The summed E-state index contributed by atoms with van der Waals surface area (Å²) in [5.74, 6) is 1.90. The molecule has 1 aliphatic rings. The Morgan fingerprint density at radius 2 is 2.06 bits per heavy atom. The molecule has 0 amide bonds. The van der Waals surface area contributed by atoms with Gasteiger partial charge in [0.15, 0.2) is 0 Å². The van der Waals surface area contributed by atoms with Gasteiger partial charge in [-0.2, -0.15) is 0 Å². The van der Waals surface area contributed by atoms with Crippen LogP contribution in [0, 0.1) is 11.8 Å². The van der Waals surface area contributed by atoms with E-state index in [9.17, 15) is 0 Å². The SMILES string of the molecule is CCC(CCc1ccc(Cl)cc1Cl)CC1CC1. The molecule has 1 unspecified atom stereocenters. The van der Waals surface area contributed by atoms with Gasteiger partial charge in [0.25, 0.3) is 0 Å². The molecular formula is C15H20Cl2. The van der Waals surface area contributed by atoms with Gasteiger partial charge in [-0.1, -0.05) is 55.5 Å². The van der Waals surface area contributed by atoms with E-state index in [-0.39, 0.29) is 0 Å². The van der Waals surface area contributed by atoms with Crippen molar-refractivity contribution in [2.45, 2.75) is 45.4 Å². The van der Waals surface area contributed by atoms with Gasteiger partial charge in [-0.05, 0) is 48.8 Å².